The van der Waals surface area contributed by atoms with E-state index >= 15 is 0 Å². The molecule has 6 heteroatoms. The highest BCUT2D eigenvalue weighted by atomic mass is 79.9. The lowest BCUT2D eigenvalue weighted by molar-refractivity contribution is 0.594. The Balaban J connectivity index is 2.42. The van der Waals surface area contributed by atoms with Crippen LogP contribution in [0, 0.1) is 0 Å². The van der Waals surface area contributed by atoms with Crippen molar-refractivity contribution in [3.63, 3.8) is 0 Å². The Bertz CT molecular complexity index is 684. The molecule has 2 N–H and O–H groups in total. The van der Waals surface area contributed by atoms with E-state index in [-0.39, 0.29) is 4.90 Å². The molecule has 100 valence electrons. The quantitative estimate of drug-likeness (QED) is 0.873. The van der Waals surface area contributed by atoms with Gasteiger partial charge in [0.1, 0.15) is 0 Å². The molecule has 0 spiro atoms. The van der Waals surface area contributed by atoms with Crippen molar-refractivity contribution in [3.8, 4) is 0 Å². The number of nitrogens with zero attached hydrogens (tertiary/aromatic N) is 1. The van der Waals surface area contributed by atoms with Gasteiger partial charge in [0.15, 0.2) is 0 Å². The first-order valence-electron chi connectivity index (χ1n) is 5.51. The Labute approximate surface area is 121 Å². The van der Waals surface area contributed by atoms with Crippen molar-refractivity contribution in [1.82, 2.24) is 0 Å². The summed E-state index contributed by atoms with van der Waals surface area (Å²) in [6.45, 7) is 0. The molecule has 0 heterocycles. The molecule has 0 atom stereocenters. The number of sulfonamides is 1. The second kappa shape index (κ2) is 5.22. The molecule has 4 nitrogen and oxygen atoms in total. The Morgan fingerprint density at radius 2 is 1.74 bits per heavy atom. The first-order chi connectivity index (χ1) is 8.91. The lowest BCUT2D eigenvalue weighted by Crippen LogP contribution is -2.26. The molecule has 2 aromatic carbocycles. The van der Waals surface area contributed by atoms with Gasteiger partial charge >= 0.3 is 0 Å². The Morgan fingerprint density at radius 1 is 1.11 bits per heavy atom. The van der Waals surface area contributed by atoms with Crippen LogP contribution in [0.1, 0.15) is 0 Å². The van der Waals surface area contributed by atoms with E-state index in [0.29, 0.717) is 11.4 Å². The summed E-state index contributed by atoms with van der Waals surface area (Å²) < 4.78 is 26.8. The third-order valence-corrected chi connectivity index (χ3v) is 4.99. The summed E-state index contributed by atoms with van der Waals surface area (Å²) in [6.07, 6.45) is 0. The molecule has 0 bridgehead atoms. The number of halogens is 1. The monoisotopic (exact) mass is 340 g/mol. The number of benzene rings is 2. The summed E-state index contributed by atoms with van der Waals surface area (Å²) in [7, 11) is -2.05. The maximum absolute atomic E-state index is 12.4. The van der Waals surface area contributed by atoms with Crippen molar-refractivity contribution < 1.29 is 8.42 Å². The van der Waals surface area contributed by atoms with Gasteiger partial charge in [0.2, 0.25) is 0 Å². The summed E-state index contributed by atoms with van der Waals surface area (Å²) in [5.41, 5.74) is 6.75. The van der Waals surface area contributed by atoms with Gasteiger partial charge in [0.05, 0.1) is 10.6 Å². The molecule has 0 saturated carbocycles. The standard InChI is InChI=1S/C13H13BrN2O2S/c1-16(12-7-5-11(15)6-8-12)19(17,18)13-4-2-3-10(14)9-13/h2-9H,15H2,1H3. The van der Waals surface area contributed by atoms with Crippen LogP contribution in [-0.2, 0) is 10.0 Å². The molecular weight excluding hydrogens is 328 g/mol. The van der Waals surface area contributed by atoms with E-state index in [2.05, 4.69) is 15.9 Å². The van der Waals surface area contributed by atoms with Gasteiger partial charge in [-0.15, -0.1) is 0 Å². The van der Waals surface area contributed by atoms with Crippen LogP contribution < -0.4 is 10.0 Å². The molecule has 0 aromatic heterocycles. The van der Waals surface area contributed by atoms with Crippen LogP contribution in [0.4, 0.5) is 11.4 Å². The summed E-state index contributed by atoms with van der Waals surface area (Å²) >= 11 is 3.27. The Morgan fingerprint density at radius 3 is 2.32 bits per heavy atom. The van der Waals surface area contributed by atoms with Crippen LogP contribution in [0.15, 0.2) is 57.9 Å². The first kappa shape index (κ1) is 13.9. The molecule has 0 aliphatic heterocycles. The average Bonchev–Trinajstić information content (AvgIpc) is 2.39. The summed E-state index contributed by atoms with van der Waals surface area (Å²) in [5.74, 6) is 0. The largest absolute Gasteiger partial charge is 0.399 e. The molecule has 0 fully saturated rings. The van der Waals surface area contributed by atoms with E-state index in [1.165, 1.54) is 11.4 Å². The summed E-state index contributed by atoms with van der Waals surface area (Å²) in [6, 6.07) is 13.3. The minimum absolute atomic E-state index is 0.237. The fraction of sp³-hybridized carbons (Fsp3) is 0.0769. The summed E-state index contributed by atoms with van der Waals surface area (Å²) in [5, 5.41) is 0. The Kier molecular flexibility index (Phi) is 3.82. The maximum atomic E-state index is 12.4. The highest BCUT2D eigenvalue weighted by molar-refractivity contribution is 9.10. The van der Waals surface area contributed by atoms with Crippen molar-refractivity contribution in [2.45, 2.75) is 4.90 Å². The molecule has 0 aliphatic carbocycles. The van der Waals surface area contributed by atoms with Gasteiger partial charge in [0.25, 0.3) is 10.0 Å². The fourth-order valence-corrected chi connectivity index (χ4v) is 3.40. The minimum atomic E-state index is -3.56. The predicted molar refractivity (Wildman–Crippen MR) is 80.6 cm³/mol. The SMILES string of the molecule is CN(c1ccc(N)cc1)S(=O)(=O)c1cccc(Br)c1. The van der Waals surface area contributed by atoms with E-state index in [4.69, 9.17) is 5.73 Å². The minimum Gasteiger partial charge on any atom is -0.399 e. The average molecular weight is 341 g/mol. The predicted octanol–water partition coefficient (Wildman–Crippen LogP) is 2.86. The van der Waals surface area contributed by atoms with Gasteiger partial charge in [-0.05, 0) is 42.5 Å². The number of hydrogen-bond donors (Lipinski definition) is 1. The zero-order valence-electron chi connectivity index (χ0n) is 10.2. The molecule has 0 amide bonds. The van der Waals surface area contributed by atoms with Crippen LogP contribution in [0.3, 0.4) is 0 Å². The second-order valence-corrected chi connectivity index (χ2v) is 6.91. The van der Waals surface area contributed by atoms with Gasteiger partial charge in [-0.1, -0.05) is 22.0 Å². The Hall–Kier alpha value is -1.53. The summed E-state index contributed by atoms with van der Waals surface area (Å²) in [4.78, 5) is 0.237. The second-order valence-electron chi connectivity index (χ2n) is 4.02. The van der Waals surface area contributed by atoms with Gasteiger partial charge in [-0.3, -0.25) is 4.31 Å². The third kappa shape index (κ3) is 2.90. The van der Waals surface area contributed by atoms with E-state index in [1.807, 2.05) is 0 Å². The first-order valence-corrected chi connectivity index (χ1v) is 7.74. The van der Waals surface area contributed by atoms with Crippen molar-refractivity contribution in [3.05, 3.63) is 53.0 Å². The van der Waals surface area contributed by atoms with Crippen LogP contribution in [0.5, 0.6) is 0 Å². The van der Waals surface area contributed by atoms with E-state index in [0.717, 1.165) is 4.47 Å². The molecule has 2 rings (SSSR count). The van der Waals surface area contributed by atoms with Crippen molar-refractivity contribution in [2.75, 3.05) is 17.1 Å². The molecule has 0 unspecified atom stereocenters. The smallest absolute Gasteiger partial charge is 0.264 e. The van der Waals surface area contributed by atoms with Crippen LogP contribution >= 0.6 is 15.9 Å². The number of nitrogens with two attached hydrogens (primary N) is 1. The van der Waals surface area contributed by atoms with E-state index in [1.54, 1.807) is 48.5 Å². The van der Waals surface area contributed by atoms with Crippen molar-refractivity contribution in [1.29, 1.82) is 0 Å². The topological polar surface area (TPSA) is 63.4 Å². The molecule has 0 radical (unpaired) electrons. The number of nitrogen functional groups attached to an aromatic ring is 1. The fourth-order valence-electron chi connectivity index (χ4n) is 1.61. The molecule has 0 aliphatic rings. The van der Waals surface area contributed by atoms with Crippen LogP contribution in [0.2, 0.25) is 0 Å². The van der Waals surface area contributed by atoms with Crippen molar-refractivity contribution >= 4 is 37.3 Å². The van der Waals surface area contributed by atoms with Crippen molar-refractivity contribution in [2.24, 2.45) is 0 Å². The van der Waals surface area contributed by atoms with Gasteiger partial charge in [0, 0.05) is 17.2 Å². The lowest BCUT2D eigenvalue weighted by Gasteiger charge is -2.19. The highest BCUT2D eigenvalue weighted by Crippen LogP contribution is 2.24. The normalized spacial score (nSPS) is 11.3. The van der Waals surface area contributed by atoms with Gasteiger partial charge in [-0.25, -0.2) is 8.42 Å². The van der Waals surface area contributed by atoms with E-state index < -0.39 is 10.0 Å². The zero-order valence-corrected chi connectivity index (χ0v) is 12.6. The third-order valence-electron chi connectivity index (χ3n) is 2.71. The molecule has 2 aromatic rings. The highest BCUT2D eigenvalue weighted by Gasteiger charge is 2.21. The molecule has 19 heavy (non-hydrogen) atoms. The molecule has 0 saturated heterocycles. The zero-order chi connectivity index (χ0) is 14.0. The number of hydrogen-bond acceptors (Lipinski definition) is 3. The lowest BCUT2D eigenvalue weighted by atomic mass is 10.3. The van der Waals surface area contributed by atoms with Gasteiger partial charge in [-0.2, -0.15) is 0 Å². The number of anilines is 2. The number of rotatable bonds is 3. The maximum Gasteiger partial charge on any atom is 0.264 e. The van der Waals surface area contributed by atoms with Gasteiger partial charge < -0.3 is 5.73 Å². The van der Waals surface area contributed by atoms with Crippen LogP contribution in [-0.4, -0.2) is 15.5 Å². The van der Waals surface area contributed by atoms with E-state index in [9.17, 15) is 8.42 Å². The van der Waals surface area contributed by atoms with Crippen LogP contribution in [0.25, 0.3) is 0 Å². The molecular formula is C13H13BrN2O2S.